The number of methoxy groups -OCH3 is 2. The molecule has 0 bridgehead atoms. The second-order valence-corrected chi connectivity index (χ2v) is 6.58. The molecule has 2 aromatic carbocycles. The molecule has 0 fully saturated rings. The van der Waals surface area contributed by atoms with Gasteiger partial charge in [0.05, 0.1) is 26.7 Å². The maximum Gasteiger partial charge on any atom is 0.200 e. The van der Waals surface area contributed by atoms with Crippen molar-refractivity contribution in [2.75, 3.05) is 20.8 Å². The van der Waals surface area contributed by atoms with E-state index in [0.717, 1.165) is 5.56 Å². The van der Waals surface area contributed by atoms with Crippen molar-refractivity contribution in [3.63, 3.8) is 0 Å². The maximum atomic E-state index is 13.0. The molecule has 1 aliphatic rings. The topological polar surface area (TPSA) is 105 Å². The average Bonchev–Trinajstić information content (AvgIpc) is 2.67. The number of carbonyl (C=O) groups excluding carboxylic acids is 1. The van der Waals surface area contributed by atoms with Crippen LogP contribution in [0, 0.1) is 19.8 Å². The Balaban J connectivity index is 1.97. The van der Waals surface area contributed by atoms with Gasteiger partial charge in [0.15, 0.2) is 17.3 Å². The minimum atomic E-state index is -0.536. The van der Waals surface area contributed by atoms with Crippen molar-refractivity contribution in [1.29, 1.82) is 0 Å². The number of benzene rings is 2. The zero-order valence-electron chi connectivity index (χ0n) is 15.6. The van der Waals surface area contributed by atoms with Crippen LogP contribution in [0.15, 0.2) is 12.1 Å². The van der Waals surface area contributed by atoms with Crippen molar-refractivity contribution in [3.05, 3.63) is 34.4 Å². The Morgan fingerprint density at radius 3 is 2.15 bits per heavy atom. The van der Waals surface area contributed by atoms with Crippen molar-refractivity contribution in [3.8, 4) is 34.5 Å². The number of fused-ring (bicyclic) bond motifs is 1. The summed E-state index contributed by atoms with van der Waals surface area (Å²) in [6.45, 7) is 3.30. The predicted molar refractivity (Wildman–Crippen MR) is 97.5 cm³/mol. The molecule has 144 valence electrons. The van der Waals surface area contributed by atoms with Gasteiger partial charge in [-0.1, -0.05) is 0 Å². The van der Waals surface area contributed by atoms with E-state index in [1.807, 2.05) is 0 Å². The fraction of sp³-hybridized carbons (Fsp3) is 0.350. The van der Waals surface area contributed by atoms with Crippen LogP contribution < -0.4 is 14.2 Å². The summed E-state index contributed by atoms with van der Waals surface area (Å²) in [6.07, 6.45) is 0.309. The normalized spacial score (nSPS) is 15.9. The third-order valence-corrected chi connectivity index (χ3v) is 4.94. The van der Waals surface area contributed by atoms with Crippen molar-refractivity contribution in [1.82, 2.24) is 0 Å². The second kappa shape index (κ2) is 6.90. The van der Waals surface area contributed by atoms with Crippen LogP contribution >= 0.6 is 0 Å². The SMILES string of the molecule is COc1cc(C[C@@H]2COc3c(C)c(O)c(C)c(O)c3C2=O)cc(OC)c1O. The van der Waals surface area contributed by atoms with E-state index in [9.17, 15) is 20.1 Å². The molecule has 7 nitrogen and oxygen atoms in total. The van der Waals surface area contributed by atoms with Crippen LogP contribution in [0.5, 0.6) is 34.5 Å². The van der Waals surface area contributed by atoms with Crippen LogP contribution in [-0.2, 0) is 6.42 Å². The molecule has 3 rings (SSSR count). The van der Waals surface area contributed by atoms with E-state index in [2.05, 4.69) is 0 Å². The Kier molecular flexibility index (Phi) is 4.78. The lowest BCUT2D eigenvalue weighted by Crippen LogP contribution is -2.30. The lowest BCUT2D eigenvalue weighted by molar-refractivity contribution is 0.0824. The molecule has 1 heterocycles. The molecule has 1 atom stereocenters. The maximum absolute atomic E-state index is 13.0. The quantitative estimate of drug-likeness (QED) is 0.756. The molecular weight excluding hydrogens is 352 g/mol. The van der Waals surface area contributed by atoms with Crippen molar-refractivity contribution >= 4 is 5.78 Å². The van der Waals surface area contributed by atoms with Crippen LogP contribution in [-0.4, -0.2) is 41.9 Å². The van der Waals surface area contributed by atoms with Gasteiger partial charge in [-0.05, 0) is 38.0 Å². The first kappa shape index (κ1) is 18.7. The Labute approximate surface area is 156 Å². The fourth-order valence-corrected chi connectivity index (χ4v) is 3.36. The van der Waals surface area contributed by atoms with E-state index in [4.69, 9.17) is 14.2 Å². The summed E-state index contributed by atoms with van der Waals surface area (Å²) in [5.74, 6) is -0.537. The monoisotopic (exact) mass is 374 g/mol. The first-order chi connectivity index (χ1) is 12.8. The number of carbonyl (C=O) groups is 1. The Morgan fingerprint density at radius 1 is 1.00 bits per heavy atom. The van der Waals surface area contributed by atoms with Gasteiger partial charge in [-0.25, -0.2) is 0 Å². The molecular formula is C20H22O7. The number of phenols is 3. The van der Waals surface area contributed by atoms with Crippen LogP contribution in [0.4, 0.5) is 0 Å². The van der Waals surface area contributed by atoms with Gasteiger partial charge in [-0.3, -0.25) is 4.79 Å². The third kappa shape index (κ3) is 2.99. The fourth-order valence-electron chi connectivity index (χ4n) is 3.36. The Bertz CT molecular complexity index is 892. The minimum absolute atomic E-state index is 0.0782. The van der Waals surface area contributed by atoms with Crippen LogP contribution in [0.1, 0.15) is 27.0 Å². The number of ketones is 1. The summed E-state index contributed by atoms with van der Waals surface area (Å²) < 4.78 is 16.0. The molecule has 2 aromatic rings. The van der Waals surface area contributed by atoms with Crippen molar-refractivity contribution in [2.24, 2.45) is 5.92 Å². The molecule has 0 aromatic heterocycles. The van der Waals surface area contributed by atoms with Gasteiger partial charge >= 0.3 is 0 Å². The summed E-state index contributed by atoms with van der Waals surface area (Å²) in [7, 11) is 2.86. The molecule has 1 aliphatic heterocycles. The first-order valence-electron chi connectivity index (χ1n) is 8.46. The summed E-state index contributed by atoms with van der Waals surface area (Å²) >= 11 is 0. The zero-order chi connectivity index (χ0) is 19.9. The van der Waals surface area contributed by atoms with E-state index in [-0.39, 0.29) is 58.0 Å². The minimum Gasteiger partial charge on any atom is -0.507 e. The van der Waals surface area contributed by atoms with Gasteiger partial charge in [0, 0.05) is 11.1 Å². The lowest BCUT2D eigenvalue weighted by Gasteiger charge is -2.27. The van der Waals surface area contributed by atoms with Crippen LogP contribution in [0.3, 0.4) is 0 Å². The summed E-state index contributed by atoms with van der Waals surface area (Å²) in [5, 5.41) is 30.5. The standard InChI is InChI=1S/C20H22O7/c1-9-16(21)10(2)20-15(17(9)22)18(23)12(8-27-20)5-11-6-13(25-3)19(24)14(7-11)26-4/h6-7,12,21-22,24H,5,8H2,1-4H3/t12-/m1/s1. The van der Waals surface area contributed by atoms with Gasteiger partial charge in [0.2, 0.25) is 5.75 Å². The third-order valence-electron chi connectivity index (χ3n) is 4.94. The number of hydrogen-bond acceptors (Lipinski definition) is 7. The number of phenolic OH excluding ortho intramolecular Hbond substituents is 3. The molecule has 0 aliphatic carbocycles. The predicted octanol–water partition coefficient (Wildman–Crippen LogP) is 2.87. The average molecular weight is 374 g/mol. The van der Waals surface area contributed by atoms with Gasteiger partial charge in [0.25, 0.3) is 0 Å². The number of Topliss-reactive ketones (excluding diaryl/α,β-unsaturated/α-hetero) is 1. The molecule has 0 amide bonds. The van der Waals surface area contributed by atoms with E-state index < -0.39 is 5.92 Å². The number of hydrogen-bond donors (Lipinski definition) is 3. The van der Waals surface area contributed by atoms with Crippen LogP contribution in [0.2, 0.25) is 0 Å². The van der Waals surface area contributed by atoms with E-state index >= 15 is 0 Å². The summed E-state index contributed by atoms with van der Waals surface area (Å²) in [4.78, 5) is 13.0. The van der Waals surface area contributed by atoms with Gasteiger partial charge < -0.3 is 29.5 Å². The highest BCUT2D eigenvalue weighted by Crippen LogP contribution is 2.45. The lowest BCUT2D eigenvalue weighted by atomic mass is 9.86. The van der Waals surface area contributed by atoms with Gasteiger partial charge in [-0.2, -0.15) is 0 Å². The molecule has 0 unspecified atom stereocenters. The van der Waals surface area contributed by atoms with E-state index in [1.165, 1.54) is 14.2 Å². The summed E-state index contributed by atoms with van der Waals surface area (Å²) in [6, 6.07) is 3.27. The number of rotatable bonds is 4. The highest BCUT2D eigenvalue weighted by atomic mass is 16.5. The van der Waals surface area contributed by atoms with E-state index in [1.54, 1.807) is 26.0 Å². The highest BCUT2D eigenvalue weighted by molar-refractivity contribution is 6.05. The molecule has 0 spiro atoms. The number of aromatic hydroxyl groups is 3. The van der Waals surface area contributed by atoms with E-state index in [0.29, 0.717) is 12.0 Å². The Morgan fingerprint density at radius 2 is 1.59 bits per heavy atom. The summed E-state index contributed by atoms with van der Waals surface area (Å²) in [5.41, 5.74) is 1.49. The highest BCUT2D eigenvalue weighted by Gasteiger charge is 2.35. The first-order valence-corrected chi connectivity index (χ1v) is 8.46. The molecule has 0 saturated heterocycles. The molecule has 0 saturated carbocycles. The molecule has 0 radical (unpaired) electrons. The van der Waals surface area contributed by atoms with Crippen LogP contribution in [0.25, 0.3) is 0 Å². The molecule has 7 heteroatoms. The smallest absolute Gasteiger partial charge is 0.200 e. The number of ether oxygens (including phenoxy) is 3. The van der Waals surface area contributed by atoms with Crippen molar-refractivity contribution < 1.29 is 34.3 Å². The molecule has 3 N–H and O–H groups in total. The molecule has 27 heavy (non-hydrogen) atoms. The largest absolute Gasteiger partial charge is 0.507 e. The van der Waals surface area contributed by atoms with Gasteiger partial charge in [0.1, 0.15) is 22.8 Å². The Hall–Kier alpha value is -3.09. The van der Waals surface area contributed by atoms with Crippen molar-refractivity contribution in [2.45, 2.75) is 20.3 Å². The second-order valence-electron chi connectivity index (χ2n) is 6.58. The zero-order valence-corrected chi connectivity index (χ0v) is 15.6. The van der Waals surface area contributed by atoms with Gasteiger partial charge in [-0.15, -0.1) is 0 Å².